The fourth-order valence-electron chi connectivity index (χ4n) is 3.52. The van der Waals surface area contributed by atoms with Gasteiger partial charge in [0.15, 0.2) is 5.82 Å². The second-order valence-electron chi connectivity index (χ2n) is 7.33. The average molecular weight is 432 g/mol. The Morgan fingerprint density at radius 3 is 3.00 bits per heavy atom. The molecule has 32 heavy (non-hydrogen) atoms. The number of hydrogen-bond acceptors (Lipinski definition) is 8. The number of aromatic amines is 1. The smallest absolute Gasteiger partial charge is 0.320 e. The van der Waals surface area contributed by atoms with E-state index in [0.29, 0.717) is 18.2 Å². The molecular formula is C22H24N8O2. The molecule has 1 saturated heterocycles. The lowest BCUT2D eigenvalue weighted by molar-refractivity contribution is 0.0317. The molecular weight excluding hydrogens is 408 g/mol. The fraction of sp³-hybridized carbons (Fsp3) is 0.273. The van der Waals surface area contributed by atoms with Crippen molar-refractivity contribution in [2.45, 2.75) is 0 Å². The zero-order valence-corrected chi connectivity index (χ0v) is 17.5. The molecule has 0 bridgehead atoms. The van der Waals surface area contributed by atoms with Gasteiger partial charge in [-0.1, -0.05) is 18.2 Å². The lowest BCUT2D eigenvalue weighted by Crippen LogP contribution is -2.38. The molecule has 0 saturated carbocycles. The number of anilines is 1. The van der Waals surface area contributed by atoms with Crippen LogP contribution in [0, 0.1) is 0 Å². The molecule has 0 unspecified atom stereocenters. The molecule has 0 spiro atoms. The Bertz CT molecular complexity index is 1180. The second kappa shape index (κ2) is 9.58. The number of benzene rings is 1. The van der Waals surface area contributed by atoms with Gasteiger partial charge in [0.2, 0.25) is 0 Å². The highest BCUT2D eigenvalue weighted by atomic mass is 16.5. The normalized spacial score (nSPS) is 14.9. The van der Waals surface area contributed by atoms with E-state index in [9.17, 15) is 0 Å². The quantitative estimate of drug-likeness (QED) is 0.325. The number of aromatic nitrogens is 5. The van der Waals surface area contributed by atoms with Crippen molar-refractivity contribution in [1.29, 1.82) is 0 Å². The minimum absolute atomic E-state index is 0.286. The van der Waals surface area contributed by atoms with Gasteiger partial charge in [0, 0.05) is 60.8 Å². The molecule has 1 aromatic carbocycles. The highest BCUT2D eigenvalue weighted by molar-refractivity contribution is 5.99. The van der Waals surface area contributed by atoms with E-state index in [1.807, 2.05) is 30.6 Å². The Kier molecular flexibility index (Phi) is 6.04. The first-order valence-electron chi connectivity index (χ1n) is 10.5. The molecule has 0 aliphatic carbocycles. The molecule has 0 atom stereocenters. The summed E-state index contributed by atoms with van der Waals surface area (Å²) in [5.41, 5.74) is 5.04. The third kappa shape index (κ3) is 4.76. The Balaban J connectivity index is 1.30. The summed E-state index contributed by atoms with van der Waals surface area (Å²) >= 11 is 0. The Labute approximate surface area is 184 Å². The number of nitrogens with zero attached hydrogens (tertiary/aromatic N) is 6. The van der Waals surface area contributed by atoms with E-state index in [2.05, 4.69) is 41.4 Å². The van der Waals surface area contributed by atoms with Crippen molar-refractivity contribution < 1.29 is 9.47 Å². The van der Waals surface area contributed by atoms with Crippen LogP contribution in [0.3, 0.4) is 0 Å². The predicted molar refractivity (Wildman–Crippen MR) is 121 cm³/mol. The van der Waals surface area contributed by atoms with Gasteiger partial charge in [-0.3, -0.25) is 14.9 Å². The molecule has 10 heteroatoms. The number of morpholine rings is 1. The summed E-state index contributed by atoms with van der Waals surface area (Å²) in [6.07, 6.45) is 8.88. The lowest BCUT2D eigenvalue weighted by atomic mass is 10.2. The third-order valence-corrected chi connectivity index (χ3v) is 5.21. The zero-order chi connectivity index (χ0) is 21.6. The van der Waals surface area contributed by atoms with Crippen LogP contribution in [-0.4, -0.2) is 75.1 Å². The topological polar surface area (TPSA) is 105 Å². The van der Waals surface area contributed by atoms with Gasteiger partial charge in [-0.25, -0.2) is 4.98 Å². The number of hydrogen-bond donors (Lipinski definition) is 2. The van der Waals surface area contributed by atoms with Crippen molar-refractivity contribution in [3.8, 4) is 11.8 Å². The van der Waals surface area contributed by atoms with Crippen LogP contribution in [0.4, 0.5) is 5.82 Å². The minimum Gasteiger partial charge on any atom is -0.462 e. The van der Waals surface area contributed by atoms with Crippen molar-refractivity contribution in [3.63, 3.8) is 0 Å². The average Bonchev–Trinajstić information content (AvgIpc) is 3.51. The van der Waals surface area contributed by atoms with Crippen LogP contribution in [0.5, 0.6) is 6.01 Å². The van der Waals surface area contributed by atoms with Gasteiger partial charge in [-0.2, -0.15) is 15.1 Å². The standard InChI is InChI=1S/C22H24N8O2/c1-2-4-19-18(3-1)17(14-24-19)15-25-28-20-13-21(30-6-5-23-16-30)27-22(26-20)32-12-9-29-7-10-31-11-8-29/h1-6,13-16,24H,7-12H2,(H,26,27,28). The van der Waals surface area contributed by atoms with E-state index in [0.717, 1.165) is 49.3 Å². The maximum absolute atomic E-state index is 5.86. The van der Waals surface area contributed by atoms with E-state index in [1.165, 1.54) is 0 Å². The molecule has 4 heterocycles. The second-order valence-corrected chi connectivity index (χ2v) is 7.33. The Morgan fingerprint density at radius 2 is 2.12 bits per heavy atom. The van der Waals surface area contributed by atoms with Crippen LogP contribution in [0.25, 0.3) is 16.7 Å². The van der Waals surface area contributed by atoms with E-state index in [4.69, 9.17) is 9.47 Å². The first kappa shape index (κ1) is 20.2. The van der Waals surface area contributed by atoms with Crippen molar-refractivity contribution in [3.05, 3.63) is 60.8 Å². The maximum Gasteiger partial charge on any atom is 0.320 e. The molecule has 4 aromatic rings. The molecule has 10 nitrogen and oxygen atoms in total. The number of nitrogens with one attached hydrogen (secondary N) is 2. The van der Waals surface area contributed by atoms with Crippen LogP contribution in [0.1, 0.15) is 5.56 Å². The van der Waals surface area contributed by atoms with Gasteiger partial charge in [0.25, 0.3) is 0 Å². The van der Waals surface area contributed by atoms with E-state index < -0.39 is 0 Å². The van der Waals surface area contributed by atoms with Crippen LogP contribution in [0.15, 0.2) is 60.4 Å². The predicted octanol–water partition coefficient (Wildman–Crippen LogP) is 2.30. The van der Waals surface area contributed by atoms with Gasteiger partial charge >= 0.3 is 6.01 Å². The molecule has 164 valence electrons. The number of hydrazone groups is 1. The molecule has 3 aromatic heterocycles. The molecule has 0 amide bonds. The largest absolute Gasteiger partial charge is 0.462 e. The third-order valence-electron chi connectivity index (χ3n) is 5.21. The number of para-hydroxylation sites is 1. The van der Waals surface area contributed by atoms with Gasteiger partial charge in [0.05, 0.1) is 19.4 Å². The number of fused-ring (bicyclic) bond motifs is 1. The van der Waals surface area contributed by atoms with Crippen LogP contribution < -0.4 is 10.2 Å². The van der Waals surface area contributed by atoms with E-state index in [-0.39, 0.29) is 6.01 Å². The summed E-state index contributed by atoms with van der Waals surface area (Å²) in [7, 11) is 0. The summed E-state index contributed by atoms with van der Waals surface area (Å²) < 4.78 is 13.0. The maximum atomic E-state index is 5.86. The summed E-state index contributed by atoms with van der Waals surface area (Å²) in [5.74, 6) is 1.17. The van der Waals surface area contributed by atoms with Crippen molar-refractivity contribution in [2.75, 3.05) is 44.9 Å². The molecule has 1 aliphatic rings. The van der Waals surface area contributed by atoms with Crippen molar-refractivity contribution in [2.24, 2.45) is 5.10 Å². The fourth-order valence-corrected chi connectivity index (χ4v) is 3.52. The van der Waals surface area contributed by atoms with Gasteiger partial charge < -0.3 is 14.5 Å². The monoisotopic (exact) mass is 432 g/mol. The summed E-state index contributed by atoms with van der Waals surface area (Å²) in [6.45, 7) is 4.63. The highest BCUT2D eigenvalue weighted by Crippen LogP contribution is 2.17. The van der Waals surface area contributed by atoms with E-state index in [1.54, 1.807) is 29.4 Å². The van der Waals surface area contributed by atoms with Crippen LogP contribution >= 0.6 is 0 Å². The summed E-state index contributed by atoms with van der Waals surface area (Å²) in [4.78, 5) is 18.6. The van der Waals surface area contributed by atoms with Gasteiger partial charge in [-0.15, -0.1) is 0 Å². The molecule has 0 radical (unpaired) electrons. The molecule has 2 N–H and O–H groups in total. The first-order valence-corrected chi connectivity index (χ1v) is 10.5. The Hall–Kier alpha value is -3.76. The lowest BCUT2D eigenvalue weighted by Gasteiger charge is -2.26. The molecule has 1 aliphatic heterocycles. The highest BCUT2D eigenvalue weighted by Gasteiger charge is 2.12. The minimum atomic E-state index is 0.286. The van der Waals surface area contributed by atoms with Crippen LogP contribution in [0.2, 0.25) is 0 Å². The van der Waals surface area contributed by atoms with Crippen LogP contribution in [-0.2, 0) is 4.74 Å². The number of imidazole rings is 1. The summed E-state index contributed by atoms with van der Waals surface area (Å²) in [6, 6.07) is 10.2. The van der Waals surface area contributed by atoms with E-state index >= 15 is 0 Å². The van der Waals surface area contributed by atoms with Gasteiger partial charge in [0.1, 0.15) is 18.8 Å². The SMILES string of the molecule is C(=NNc1cc(-n2ccnc2)nc(OCCN2CCOCC2)n1)c1c[nH]c2ccccc12. The molecule has 1 fully saturated rings. The summed E-state index contributed by atoms with van der Waals surface area (Å²) in [5, 5.41) is 5.47. The molecule has 5 rings (SSSR count). The zero-order valence-electron chi connectivity index (χ0n) is 17.5. The first-order chi connectivity index (χ1) is 15.8. The van der Waals surface area contributed by atoms with Crippen molar-refractivity contribution in [1.82, 2.24) is 29.4 Å². The number of rotatable bonds is 8. The number of ether oxygens (including phenoxy) is 2. The Morgan fingerprint density at radius 1 is 1.22 bits per heavy atom. The van der Waals surface area contributed by atoms with Crippen molar-refractivity contribution >= 4 is 22.9 Å². The number of H-pyrrole nitrogens is 1. The van der Waals surface area contributed by atoms with Gasteiger partial charge in [-0.05, 0) is 6.07 Å².